The number of nitrogens with one attached hydrogen (secondary N) is 1. The maximum absolute atomic E-state index is 13.2. The minimum absolute atomic E-state index is 0.135. The maximum atomic E-state index is 13.2. The van der Waals surface area contributed by atoms with Crippen LogP contribution in [0.25, 0.3) is 11.4 Å². The van der Waals surface area contributed by atoms with Gasteiger partial charge in [0.15, 0.2) is 0 Å². The van der Waals surface area contributed by atoms with E-state index in [0.29, 0.717) is 18.3 Å². The first-order valence-corrected chi connectivity index (χ1v) is 11.4. The van der Waals surface area contributed by atoms with Gasteiger partial charge in [-0.25, -0.2) is 4.39 Å². The van der Waals surface area contributed by atoms with Crippen LogP contribution in [-0.4, -0.2) is 33.1 Å². The van der Waals surface area contributed by atoms with E-state index < -0.39 is 5.92 Å². The monoisotopic (exact) mass is 447 g/mol. The molecule has 2 amide bonds. The summed E-state index contributed by atoms with van der Waals surface area (Å²) in [5, 5.41) is 7.75. The van der Waals surface area contributed by atoms with Crippen LogP contribution in [0.4, 0.5) is 10.1 Å². The molecule has 1 saturated carbocycles. The molecule has 170 valence electrons. The highest BCUT2D eigenvalue weighted by Crippen LogP contribution is 2.33. The average Bonchev–Trinajstić information content (AvgIpc) is 3.58. The van der Waals surface area contributed by atoms with Crippen LogP contribution in [0.1, 0.15) is 43.8 Å². The van der Waals surface area contributed by atoms with Crippen molar-refractivity contribution in [3.05, 3.63) is 66.2 Å². The number of halogens is 1. The van der Waals surface area contributed by atoms with E-state index in [2.05, 4.69) is 15.0 Å². The molecule has 1 aliphatic carbocycles. The van der Waals surface area contributed by atoms with Crippen LogP contribution in [0.3, 0.4) is 0 Å². The third-order valence-electron chi connectivity index (χ3n) is 6.46. The molecule has 1 N–H and O–H groups in total. The van der Waals surface area contributed by atoms with Crippen molar-refractivity contribution in [2.45, 2.75) is 44.7 Å². The van der Waals surface area contributed by atoms with Gasteiger partial charge in [-0.2, -0.15) is 5.10 Å². The van der Waals surface area contributed by atoms with Crippen LogP contribution in [0.15, 0.2) is 54.7 Å². The lowest BCUT2D eigenvalue weighted by Gasteiger charge is -2.16. The number of aromatic nitrogens is 3. The van der Waals surface area contributed by atoms with Crippen molar-refractivity contribution in [2.75, 3.05) is 11.4 Å². The van der Waals surface area contributed by atoms with E-state index in [9.17, 15) is 14.0 Å². The molecule has 0 bridgehead atoms. The first-order valence-electron chi connectivity index (χ1n) is 11.4. The van der Waals surface area contributed by atoms with Gasteiger partial charge in [0.25, 0.3) is 0 Å². The van der Waals surface area contributed by atoms with Gasteiger partial charge in [-0.1, -0.05) is 18.9 Å². The van der Waals surface area contributed by atoms with Gasteiger partial charge in [-0.3, -0.25) is 19.3 Å². The Morgan fingerprint density at radius 1 is 1.12 bits per heavy atom. The molecule has 2 aromatic heterocycles. The van der Waals surface area contributed by atoms with Crippen molar-refractivity contribution < 1.29 is 14.0 Å². The summed E-state index contributed by atoms with van der Waals surface area (Å²) in [6, 6.07) is 13.9. The van der Waals surface area contributed by atoms with Crippen LogP contribution in [0, 0.1) is 11.7 Å². The van der Waals surface area contributed by atoms with Crippen LogP contribution < -0.4 is 10.2 Å². The number of nitrogens with zero attached hydrogens (tertiary/aromatic N) is 4. The van der Waals surface area contributed by atoms with E-state index in [0.717, 1.165) is 29.9 Å². The molecule has 2 fully saturated rings. The standard InChI is InChI=1S/C25H26FN5O2/c26-18-8-10-20(11-9-18)30-16-17(13-24(30)32)25(33)28-15-19-14-23(22-7-3-4-12-27-22)31(29-19)21-5-1-2-6-21/h3-4,7-12,14,17,21H,1-2,5-6,13,15-16H2,(H,28,33). The molecule has 0 spiro atoms. The summed E-state index contributed by atoms with van der Waals surface area (Å²) in [5.41, 5.74) is 3.21. The van der Waals surface area contributed by atoms with Gasteiger partial charge < -0.3 is 10.2 Å². The van der Waals surface area contributed by atoms with E-state index in [4.69, 9.17) is 5.10 Å². The summed E-state index contributed by atoms with van der Waals surface area (Å²) in [4.78, 5) is 31.3. The number of carbonyl (C=O) groups is 2. The zero-order valence-corrected chi connectivity index (χ0v) is 18.3. The molecular formula is C25H26FN5O2. The van der Waals surface area contributed by atoms with Gasteiger partial charge in [0.1, 0.15) is 5.82 Å². The summed E-state index contributed by atoms with van der Waals surface area (Å²) in [5.74, 6) is -1.12. The highest BCUT2D eigenvalue weighted by Gasteiger charge is 2.35. The molecule has 33 heavy (non-hydrogen) atoms. The summed E-state index contributed by atoms with van der Waals surface area (Å²) < 4.78 is 15.3. The second-order valence-corrected chi connectivity index (χ2v) is 8.72. The lowest BCUT2D eigenvalue weighted by molar-refractivity contribution is -0.126. The van der Waals surface area contributed by atoms with Crippen molar-refractivity contribution in [3.63, 3.8) is 0 Å². The van der Waals surface area contributed by atoms with Gasteiger partial charge in [0.2, 0.25) is 11.8 Å². The Morgan fingerprint density at radius 3 is 2.64 bits per heavy atom. The summed E-state index contributed by atoms with van der Waals surface area (Å²) in [6.45, 7) is 0.575. The Hall–Kier alpha value is -3.55. The van der Waals surface area contributed by atoms with Gasteiger partial charge in [0, 0.05) is 24.8 Å². The minimum atomic E-state index is -0.449. The number of benzene rings is 1. The highest BCUT2D eigenvalue weighted by atomic mass is 19.1. The fourth-order valence-corrected chi connectivity index (χ4v) is 4.74. The van der Waals surface area contributed by atoms with E-state index in [1.54, 1.807) is 18.3 Å². The number of hydrogen-bond donors (Lipinski definition) is 1. The fraction of sp³-hybridized carbons (Fsp3) is 0.360. The van der Waals surface area contributed by atoms with E-state index in [1.165, 1.54) is 29.9 Å². The first kappa shape index (κ1) is 21.3. The second-order valence-electron chi connectivity index (χ2n) is 8.72. The van der Waals surface area contributed by atoms with Crippen molar-refractivity contribution in [2.24, 2.45) is 5.92 Å². The van der Waals surface area contributed by atoms with E-state index in [-0.39, 0.29) is 30.6 Å². The third kappa shape index (κ3) is 4.51. The normalized spacial score (nSPS) is 18.8. The molecule has 3 aromatic rings. The molecule has 8 heteroatoms. The lowest BCUT2D eigenvalue weighted by atomic mass is 10.1. The number of pyridine rings is 1. The van der Waals surface area contributed by atoms with Crippen molar-refractivity contribution in [3.8, 4) is 11.4 Å². The van der Waals surface area contributed by atoms with Crippen molar-refractivity contribution in [1.82, 2.24) is 20.1 Å². The molecule has 2 aliphatic rings. The van der Waals surface area contributed by atoms with Gasteiger partial charge in [-0.15, -0.1) is 0 Å². The molecule has 1 saturated heterocycles. The second kappa shape index (κ2) is 9.13. The Balaban J connectivity index is 1.27. The number of anilines is 1. The summed E-state index contributed by atoms with van der Waals surface area (Å²) in [6.07, 6.45) is 6.48. The predicted octanol–water partition coefficient (Wildman–Crippen LogP) is 3.87. The van der Waals surface area contributed by atoms with Crippen molar-refractivity contribution in [1.29, 1.82) is 0 Å². The smallest absolute Gasteiger partial charge is 0.227 e. The topological polar surface area (TPSA) is 80.1 Å². The van der Waals surface area contributed by atoms with Gasteiger partial charge in [-0.05, 0) is 55.3 Å². The minimum Gasteiger partial charge on any atom is -0.350 e. The molecular weight excluding hydrogens is 421 g/mol. The van der Waals surface area contributed by atoms with E-state index >= 15 is 0 Å². The molecule has 7 nitrogen and oxygen atoms in total. The lowest BCUT2D eigenvalue weighted by Crippen LogP contribution is -2.32. The third-order valence-corrected chi connectivity index (χ3v) is 6.46. The Morgan fingerprint density at radius 2 is 1.91 bits per heavy atom. The molecule has 1 aromatic carbocycles. The zero-order chi connectivity index (χ0) is 22.8. The zero-order valence-electron chi connectivity index (χ0n) is 18.3. The van der Waals surface area contributed by atoms with Gasteiger partial charge in [0.05, 0.1) is 35.6 Å². The number of amides is 2. The largest absolute Gasteiger partial charge is 0.350 e. The van der Waals surface area contributed by atoms with Gasteiger partial charge >= 0.3 is 0 Å². The quantitative estimate of drug-likeness (QED) is 0.622. The maximum Gasteiger partial charge on any atom is 0.227 e. The Bertz CT molecular complexity index is 1140. The number of carbonyl (C=O) groups excluding carboxylic acids is 2. The predicted molar refractivity (Wildman–Crippen MR) is 122 cm³/mol. The molecule has 3 heterocycles. The molecule has 1 aliphatic heterocycles. The summed E-state index contributed by atoms with van der Waals surface area (Å²) in [7, 11) is 0. The van der Waals surface area contributed by atoms with Crippen LogP contribution in [0.2, 0.25) is 0 Å². The number of hydrogen-bond acceptors (Lipinski definition) is 4. The van der Waals surface area contributed by atoms with Crippen molar-refractivity contribution >= 4 is 17.5 Å². The fourth-order valence-electron chi connectivity index (χ4n) is 4.74. The average molecular weight is 448 g/mol. The molecule has 1 unspecified atom stereocenters. The van der Waals surface area contributed by atoms with Crippen LogP contribution in [0.5, 0.6) is 0 Å². The van der Waals surface area contributed by atoms with E-state index in [1.807, 2.05) is 24.3 Å². The number of rotatable bonds is 6. The summed E-state index contributed by atoms with van der Waals surface area (Å²) >= 11 is 0. The Kier molecular flexibility index (Phi) is 5.90. The highest BCUT2D eigenvalue weighted by molar-refractivity contribution is 6.00. The molecule has 5 rings (SSSR count). The van der Waals surface area contributed by atoms with Crippen LogP contribution in [-0.2, 0) is 16.1 Å². The Labute approximate surface area is 191 Å². The first-order chi connectivity index (χ1) is 16.1. The molecule has 1 atom stereocenters. The van der Waals surface area contributed by atoms with Crippen LogP contribution >= 0.6 is 0 Å². The SMILES string of the molecule is O=C(NCc1cc(-c2ccccn2)n(C2CCCC2)n1)C1CC(=O)N(c2ccc(F)cc2)C1. The molecule has 0 radical (unpaired) electrons.